The highest BCUT2D eigenvalue weighted by molar-refractivity contribution is 5.78. The third-order valence-corrected chi connectivity index (χ3v) is 6.59. The molecule has 2 aromatic rings. The zero-order valence-corrected chi connectivity index (χ0v) is 18.6. The van der Waals surface area contributed by atoms with Gasteiger partial charge < -0.3 is 19.3 Å². The second-order valence-corrected chi connectivity index (χ2v) is 8.72. The molecule has 1 heterocycles. The lowest BCUT2D eigenvalue weighted by Gasteiger charge is -2.43. The lowest BCUT2D eigenvalue weighted by molar-refractivity contribution is -0.137. The van der Waals surface area contributed by atoms with E-state index in [0.717, 1.165) is 37.0 Å². The molecule has 32 heavy (non-hydrogen) atoms. The first-order valence-corrected chi connectivity index (χ1v) is 11.0. The Bertz CT molecular complexity index is 987. The van der Waals surface area contributed by atoms with E-state index in [0.29, 0.717) is 13.1 Å². The predicted octanol–water partition coefficient (Wildman–Crippen LogP) is 3.79. The summed E-state index contributed by atoms with van der Waals surface area (Å²) in [5.41, 5.74) is 0.417. The molecular formula is C25H29FN2O4. The SMILES string of the molecule is CC(=O)N(C)C1CCC2(CC1)CN(C(=O)COc1ccccc1F)Cc1ccccc1O2. The van der Waals surface area contributed by atoms with Crippen molar-refractivity contribution in [2.45, 2.75) is 50.8 Å². The number of rotatable bonds is 4. The van der Waals surface area contributed by atoms with Crippen molar-refractivity contribution in [1.29, 1.82) is 0 Å². The van der Waals surface area contributed by atoms with Crippen LogP contribution in [0.3, 0.4) is 0 Å². The lowest BCUT2D eigenvalue weighted by atomic mass is 9.81. The summed E-state index contributed by atoms with van der Waals surface area (Å²) in [4.78, 5) is 28.4. The molecule has 0 atom stereocenters. The highest BCUT2D eigenvalue weighted by atomic mass is 19.1. The van der Waals surface area contributed by atoms with Gasteiger partial charge in [-0.2, -0.15) is 0 Å². The summed E-state index contributed by atoms with van der Waals surface area (Å²) in [6, 6.07) is 14.0. The number of nitrogens with zero attached hydrogens (tertiary/aromatic N) is 2. The number of halogens is 1. The van der Waals surface area contributed by atoms with Crippen LogP contribution in [0.2, 0.25) is 0 Å². The average molecular weight is 441 g/mol. The van der Waals surface area contributed by atoms with E-state index < -0.39 is 11.4 Å². The Morgan fingerprint density at radius 1 is 1.16 bits per heavy atom. The van der Waals surface area contributed by atoms with Gasteiger partial charge in [0.25, 0.3) is 5.91 Å². The first kappa shape index (κ1) is 22.1. The molecule has 0 bridgehead atoms. The van der Waals surface area contributed by atoms with Crippen LogP contribution in [0.15, 0.2) is 48.5 Å². The first-order chi connectivity index (χ1) is 15.4. The molecule has 0 radical (unpaired) electrons. The number of fused-ring (bicyclic) bond motifs is 1. The number of ether oxygens (including phenoxy) is 2. The quantitative estimate of drug-likeness (QED) is 0.726. The van der Waals surface area contributed by atoms with E-state index in [1.807, 2.05) is 31.3 Å². The fourth-order valence-electron chi connectivity index (χ4n) is 4.61. The molecule has 4 rings (SSSR count). The Morgan fingerprint density at radius 2 is 1.84 bits per heavy atom. The summed E-state index contributed by atoms with van der Waals surface area (Å²) < 4.78 is 25.9. The smallest absolute Gasteiger partial charge is 0.260 e. The standard InChI is InChI=1S/C25H29FN2O4/c1-18(29)27(2)20-11-13-25(14-12-20)17-28(15-19-7-3-5-9-22(19)32-25)24(30)16-31-23-10-6-4-8-21(23)26/h3-10,20H,11-17H2,1-2H3. The van der Waals surface area contributed by atoms with E-state index in [1.54, 1.807) is 28.9 Å². The molecule has 1 spiro atoms. The van der Waals surface area contributed by atoms with Gasteiger partial charge in [-0.3, -0.25) is 9.59 Å². The predicted molar refractivity (Wildman–Crippen MR) is 118 cm³/mol. The van der Waals surface area contributed by atoms with Crippen LogP contribution in [0.4, 0.5) is 4.39 Å². The Kier molecular flexibility index (Phi) is 6.35. The minimum Gasteiger partial charge on any atom is -0.485 e. The van der Waals surface area contributed by atoms with Crippen LogP contribution in [0.5, 0.6) is 11.5 Å². The van der Waals surface area contributed by atoms with E-state index in [-0.39, 0.29) is 30.2 Å². The maximum Gasteiger partial charge on any atom is 0.260 e. The Morgan fingerprint density at radius 3 is 2.56 bits per heavy atom. The zero-order valence-electron chi connectivity index (χ0n) is 18.6. The van der Waals surface area contributed by atoms with Gasteiger partial charge in [0.15, 0.2) is 18.2 Å². The molecule has 0 saturated heterocycles. The second kappa shape index (κ2) is 9.18. The summed E-state index contributed by atoms with van der Waals surface area (Å²) in [7, 11) is 1.84. The molecule has 1 aliphatic heterocycles. The molecule has 1 aliphatic carbocycles. The normalized spacial score (nSPS) is 22.5. The summed E-state index contributed by atoms with van der Waals surface area (Å²) in [6.07, 6.45) is 3.10. The van der Waals surface area contributed by atoms with Gasteiger partial charge in [0.05, 0.1) is 6.54 Å². The summed E-state index contributed by atoms with van der Waals surface area (Å²) in [5.74, 6) is 0.205. The monoisotopic (exact) mass is 440 g/mol. The third-order valence-electron chi connectivity index (χ3n) is 6.59. The maximum absolute atomic E-state index is 13.9. The number of hydrogen-bond acceptors (Lipinski definition) is 4. The van der Waals surface area contributed by atoms with Crippen LogP contribution in [0.25, 0.3) is 0 Å². The molecule has 6 nitrogen and oxygen atoms in total. The maximum atomic E-state index is 13.9. The second-order valence-electron chi connectivity index (χ2n) is 8.72. The van der Waals surface area contributed by atoms with E-state index in [9.17, 15) is 14.0 Å². The van der Waals surface area contributed by atoms with Crippen LogP contribution >= 0.6 is 0 Å². The van der Waals surface area contributed by atoms with E-state index >= 15 is 0 Å². The fraction of sp³-hybridized carbons (Fsp3) is 0.440. The van der Waals surface area contributed by atoms with Crippen LogP contribution in [0, 0.1) is 5.82 Å². The largest absolute Gasteiger partial charge is 0.485 e. The highest BCUT2D eigenvalue weighted by Gasteiger charge is 2.43. The minimum absolute atomic E-state index is 0.0557. The average Bonchev–Trinajstić information content (AvgIpc) is 2.95. The van der Waals surface area contributed by atoms with Gasteiger partial charge in [-0.15, -0.1) is 0 Å². The molecule has 2 aliphatic rings. The van der Waals surface area contributed by atoms with E-state index in [2.05, 4.69) is 0 Å². The molecular weight excluding hydrogens is 411 g/mol. The molecule has 0 unspecified atom stereocenters. The number of amides is 2. The molecule has 1 fully saturated rings. The van der Waals surface area contributed by atoms with Crippen LogP contribution in [-0.4, -0.2) is 53.5 Å². The van der Waals surface area contributed by atoms with Gasteiger partial charge in [-0.05, 0) is 43.9 Å². The van der Waals surface area contributed by atoms with E-state index in [1.165, 1.54) is 12.1 Å². The van der Waals surface area contributed by atoms with Crippen molar-refractivity contribution in [3.63, 3.8) is 0 Å². The van der Waals surface area contributed by atoms with Crippen molar-refractivity contribution < 1.29 is 23.5 Å². The summed E-state index contributed by atoms with van der Waals surface area (Å²) in [5, 5.41) is 0. The van der Waals surface area contributed by atoms with Gasteiger partial charge >= 0.3 is 0 Å². The van der Waals surface area contributed by atoms with Crippen molar-refractivity contribution in [2.24, 2.45) is 0 Å². The first-order valence-electron chi connectivity index (χ1n) is 11.0. The Balaban J connectivity index is 1.51. The number of hydrogen-bond donors (Lipinski definition) is 0. The Labute approximate surface area is 187 Å². The number of benzene rings is 2. The van der Waals surface area contributed by atoms with Crippen LogP contribution < -0.4 is 9.47 Å². The minimum atomic E-state index is -0.519. The molecule has 1 saturated carbocycles. The number of para-hydroxylation sites is 2. The van der Waals surface area contributed by atoms with Gasteiger partial charge in [0.1, 0.15) is 11.4 Å². The fourth-order valence-corrected chi connectivity index (χ4v) is 4.61. The molecule has 2 aromatic carbocycles. The number of carbonyl (C=O) groups excluding carboxylic acids is 2. The summed E-state index contributed by atoms with van der Waals surface area (Å²) in [6.45, 7) is 2.18. The van der Waals surface area contributed by atoms with Gasteiger partial charge in [-0.25, -0.2) is 4.39 Å². The van der Waals surface area contributed by atoms with Crippen molar-refractivity contribution in [2.75, 3.05) is 20.2 Å². The molecule has 170 valence electrons. The molecule has 2 amide bonds. The van der Waals surface area contributed by atoms with E-state index in [4.69, 9.17) is 9.47 Å². The van der Waals surface area contributed by atoms with Gasteiger partial charge in [0, 0.05) is 32.1 Å². The van der Waals surface area contributed by atoms with Crippen LogP contribution in [-0.2, 0) is 16.1 Å². The van der Waals surface area contributed by atoms with Crippen LogP contribution in [0.1, 0.15) is 38.2 Å². The van der Waals surface area contributed by atoms with Crippen molar-refractivity contribution in [1.82, 2.24) is 9.80 Å². The molecule has 0 N–H and O–H groups in total. The highest BCUT2D eigenvalue weighted by Crippen LogP contribution is 2.39. The molecule has 7 heteroatoms. The van der Waals surface area contributed by atoms with Gasteiger partial charge in [0.2, 0.25) is 5.91 Å². The topological polar surface area (TPSA) is 59.1 Å². The zero-order chi connectivity index (χ0) is 22.7. The lowest BCUT2D eigenvalue weighted by Crippen LogP contribution is -2.53. The van der Waals surface area contributed by atoms with Crippen molar-refractivity contribution in [3.8, 4) is 11.5 Å². The Hall–Kier alpha value is -3.09. The molecule has 0 aromatic heterocycles. The third kappa shape index (κ3) is 4.71. The summed E-state index contributed by atoms with van der Waals surface area (Å²) >= 11 is 0. The van der Waals surface area contributed by atoms with Crippen molar-refractivity contribution >= 4 is 11.8 Å². The van der Waals surface area contributed by atoms with Gasteiger partial charge in [-0.1, -0.05) is 30.3 Å². The van der Waals surface area contributed by atoms with Crippen molar-refractivity contribution in [3.05, 3.63) is 59.9 Å². The number of carbonyl (C=O) groups is 2.